The standard InChI is InChI=1S/C14H19BrN2O/c1-17(2)8-4-7-16-10-12-9-11-5-3-6-13(15)14(11)18-12/h3,5-6,9,16H,4,7-8,10H2,1-2H3. The van der Waals surface area contributed by atoms with Crippen LogP contribution in [0.25, 0.3) is 11.0 Å². The molecule has 18 heavy (non-hydrogen) atoms. The third-order valence-corrected chi connectivity index (χ3v) is 3.43. The van der Waals surface area contributed by atoms with E-state index in [1.807, 2.05) is 12.1 Å². The Kier molecular flexibility index (Phi) is 4.80. The van der Waals surface area contributed by atoms with Gasteiger partial charge in [0.15, 0.2) is 0 Å². The highest BCUT2D eigenvalue weighted by atomic mass is 79.9. The highest BCUT2D eigenvalue weighted by Gasteiger charge is 2.05. The van der Waals surface area contributed by atoms with Gasteiger partial charge >= 0.3 is 0 Å². The van der Waals surface area contributed by atoms with E-state index >= 15 is 0 Å². The second kappa shape index (κ2) is 6.36. The van der Waals surface area contributed by atoms with E-state index in [1.165, 1.54) is 0 Å². The molecule has 0 saturated heterocycles. The maximum Gasteiger partial charge on any atom is 0.148 e. The average Bonchev–Trinajstić information content (AvgIpc) is 2.72. The molecule has 0 bridgehead atoms. The number of nitrogens with zero attached hydrogens (tertiary/aromatic N) is 1. The van der Waals surface area contributed by atoms with Crippen molar-refractivity contribution < 1.29 is 4.42 Å². The predicted molar refractivity (Wildman–Crippen MR) is 78.8 cm³/mol. The lowest BCUT2D eigenvalue weighted by Gasteiger charge is -2.08. The minimum Gasteiger partial charge on any atom is -0.459 e. The Labute approximate surface area is 116 Å². The minimum absolute atomic E-state index is 0.786. The lowest BCUT2D eigenvalue weighted by molar-refractivity contribution is 0.391. The van der Waals surface area contributed by atoms with Crippen molar-refractivity contribution in [2.75, 3.05) is 27.2 Å². The molecule has 1 N–H and O–H groups in total. The molecule has 0 aliphatic carbocycles. The summed E-state index contributed by atoms with van der Waals surface area (Å²) in [5.74, 6) is 0.988. The number of benzene rings is 1. The summed E-state index contributed by atoms with van der Waals surface area (Å²) in [7, 11) is 4.19. The maximum absolute atomic E-state index is 5.81. The van der Waals surface area contributed by atoms with Crippen LogP contribution in [0.1, 0.15) is 12.2 Å². The van der Waals surface area contributed by atoms with Gasteiger partial charge in [-0.1, -0.05) is 12.1 Å². The molecule has 0 atom stereocenters. The van der Waals surface area contributed by atoms with Gasteiger partial charge in [-0.05, 0) is 61.7 Å². The van der Waals surface area contributed by atoms with Gasteiger partial charge in [0.05, 0.1) is 11.0 Å². The molecule has 0 fully saturated rings. The van der Waals surface area contributed by atoms with Crippen molar-refractivity contribution in [2.24, 2.45) is 0 Å². The molecule has 4 heteroatoms. The van der Waals surface area contributed by atoms with Gasteiger partial charge in [0, 0.05) is 5.39 Å². The first kappa shape index (κ1) is 13.6. The second-order valence-corrected chi connectivity index (χ2v) is 5.56. The summed E-state index contributed by atoms with van der Waals surface area (Å²) in [5.41, 5.74) is 0.933. The summed E-state index contributed by atoms with van der Waals surface area (Å²) in [4.78, 5) is 2.19. The van der Waals surface area contributed by atoms with E-state index in [0.29, 0.717) is 0 Å². The molecule has 0 saturated carbocycles. The van der Waals surface area contributed by atoms with Crippen LogP contribution in [0.3, 0.4) is 0 Å². The molecular weight excluding hydrogens is 292 g/mol. The van der Waals surface area contributed by atoms with Crippen LogP contribution in [0.2, 0.25) is 0 Å². The van der Waals surface area contributed by atoms with Crippen LogP contribution < -0.4 is 5.32 Å². The van der Waals surface area contributed by atoms with Crippen molar-refractivity contribution >= 4 is 26.9 Å². The van der Waals surface area contributed by atoms with Crippen LogP contribution in [0.15, 0.2) is 33.2 Å². The van der Waals surface area contributed by atoms with Gasteiger partial charge in [-0.25, -0.2) is 0 Å². The van der Waals surface area contributed by atoms with E-state index < -0.39 is 0 Å². The summed E-state index contributed by atoms with van der Waals surface area (Å²) in [5, 5.41) is 4.55. The molecule has 0 radical (unpaired) electrons. The number of nitrogens with one attached hydrogen (secondary N) is 1. The third-order valence-electron chi connectivity index (χ3n) is 2.81. The fourth-order valence-electron chi connectivity index (χ4n) is 1.90. The number of fused-ring (bicyclic) bond motifs is 1. The number of rotatable bonds is 6. The Balaban J connectivity index is 1.87. The third kappa shape index (κ3) is 3.57. The molecule has 98 valence electrons. The van der Waals surface area contributed by atoms with Crippen molar-refractivity contribution in [1.29, 1.82) is 0 Å². The van der Waals surface area contributed by atoms with Crippen LogP contribution in [0.5, 0.6) is 0 Å². The van der Waals surface area contributed by atoms with E-state index in [-0.39, 0.29) is 0 Å². The quantitative estimate of drug-likeness (QED) is 0.830. The summed E-state index contributed by atoms with van der Waals surface area (Å²) in [6.45, 7) is 2.91. The van der Waals surface area contributed by atoms with Crippen LogP contribution in [-0.2, 0) is 6.54 Å². The van der Waals surface area contributed by atoms with Gasteiger partial charge in [-0.15, -0.1) is 0 Å². The number of hydrogen-bond acceptors (Lipinski definition) is 3. The number of hydrogen-bond donors (Lipinski definition) is 1. The van der Waals surface area contributed by atoms with Crippen molar-refractivity contribution in [2.45, 2.75) is 13.0 Å². The Morgan fingerprint density at radius 2 is 2.17 bits per heavy atom. The van der Waals surface area contributed by atoms with Crippen LogP contribution in [0.4, 0.5) is 0 Å². The molecule has 1 aromatic carbocycles. The zero-order valence-corrected chi connectivity index (χ0v) is 12.5. The largest absolute Gasteiger partial charge is 0.459 e. The van der Waals surface area contributed by atoms with Crippen LogP contribution in [-0.4, -0.2) is 32.1 Å². The van der Waals surface area contributed by atoms with Crippen molar-refractivity contribution in [3.63, 3.8) is 0 Å². The first-order valence-corrected chi connectivity index (χ1v) is 6.98. The number of furan rings is 1. The highest BCUT2D eigenvalue weighted by molar-refractivity contribution is 9.10. The molecule has 3 nitrogen and oxygen atoms in total. The summed E-state index contributed by atoms with van der Waals surface area (Å²) in [6.07, 6.45) is 1.15. The van der Waals surface area contributed by atoms with Crippen molar-refractivity contribution in [1.82, 2.24) is 10.2 Å². The molecule has 2 rings (SSSR count). The zero-order valence-electron chi connectivity index (χ0n) is 10.9. The molecular formula is C14H19BrN2O. The SMILES string of the molecule is CN(C)CCCNCc1cc2cccc(Br)c2o1. The maximum atomic E-state index is 5.81. The fraction of sp³-hybridized carbons (Fsp3) is 0.429. The Hall–Kier alpha value is -0.840. The van der Waals surface area contributed by atoms with E-state index in [9.17, 15) is 0 Å². The second-order valence-electron chi connectivity index (χ2n) is 4.70. The molecule has 2 aromatic rings. The average molecular weight is 311 g/mol. The Morgan fingerprint density at radius 1 is 1.33 bits per heavy atom. The summed E-state index contributed by atoms with van der Waals surface area (Å²) in [6, 6.07) is 8.19. The lowest BCUT2D eigenvalue weighted by Crippen LogP contribution is -2.20. The van der Waals surface area contributed by atoms with Gasteiger partial charge in [0.25, 0.3) is 0 Å². The van der Waals surface area contributed by atoms with E-state index in [2.05, 4.69) is 52.4 Å². The normalized spacial score (nSPS) is 11.6. The molecule has 1 heterocycles. The van der Waals surface area contributed by atoms with Gasteiger partial charge < -0.3 is 14.6 Å². The van der Waals surface area contributed by atoms with Crippen molar-refractivity contribution in [3.8, 4) is 0 Å². The van der Waals surface area contributed by atoms with Crippen molar-refractivity contribution in [3.05, 3.63) is 34.5 Å². The summed E-state index contributed by atoms with van der Waals surface area (Å²) >= 11 is 3.50. The van der Waals surface area contributed by atoms with Crippen LogP contribution >= 0.6 is 15.9 Å². The van der Waals surface area contributed by atoms with Gasteiger partial charge in [-0.3, -0.25) is 0 Å². The smallest absolute Gasteiger partial charge is 0.148 e. The molecule has 0 amide bonds. The molecule has 0 unspecified atom stereocenters. The Bertz CT molecular complexity index is 507. The topological polar surface area (TPSA) is 28.4 Å². The molecule has 1 aromatic heterocycles. The minimum atomic E-state index is 0.786. The zero-order chi connectivity index (χ0) is 13.0. The monoisotopic (exact) mass is 310 g/mol. The molecule has 0 aliphatic heterocycles. The van der Waals surface area contributed by atoms with E-state index in [1.54, 1.807) is 0 Å². The fourth-order valence-corrected chi connectivity index (χ4v) is 2.36. The number of para-hydroxylation sites is 1. The summed E-state index contributed by atoms with van der Waals surface area (Å²) < 4.78 is 6.82. The van der Waals surface area contributed by atoms with Crippen LogP contribution in [0, 0.1) is 0 Å². The van der Waals surface area contributed by atoms with Gasteiger partial charge in [-0.2, -0.15) is 0 Å². The Morgan fingerprint density at radius 3 is 2.89 bits per heavy atom. The van der Waals surface area contributed by atoms with Gasteiger partial charge in [0.2, 0.25) is 0 Å². The first-order chi connectivity index (χ1) is 8.66. The van der Waals surface area contributed by atoms with E-state index in [0.717, 1.165) is 47.3 Å². The lowest BCUT2D eigenvalue weighted by atomic mass is 10.2. The van der Waals surface area contributed by atoms with E-state index in [4.69, 9.17) is 4.42 Å². The molecule has 0 spiro atoms. The number of halogens is 1. The van der Waals surface area contributed by atoms with Gasteiger partial charge in [0.1, 0.15) is 11.3 Å². The highest BCUT2D eigenvalue weighted by Crippen LogP contribution is 2.26. The predicted octanol–water partition coefficient (Wildman–Crippen LogP) is 3.24. The first-order valence-electron chi connectivity index (χ1n) is 6.19. The molecule has 0 aliphatic rings.